The van der Waals surface area contributed by atoms with Crippen molar-refractivity contribution in [3.05, 3.63) is 0 Å². The highest BCUT2D eigenvalue weighted by Crippen LogP contribution is 2.32. The van der Waals surface area contributed by atoms with Crippen LogP contribution in [0.5, 0.6) is 0 Å². The van der Waals surface area contributed by atoms with E-state index in [4.69, 9.17) is 4.74 Å². The SMILES string of the molecule is CC(C)(C)OC(=O)[C@H](CCCC(F)(F)F)[C@@H](CCCC(F)(F)F)C(=O)O. The van der Waals surface area contributed by atoms with Gasteiger partial charge in [-0.15, -0.1) is 0 Å². The molecule has 4 nitrogen and oxygen atoms in total. The second-order valence-electron chi connectivity index (χ2n) is 7.10. The Morgan fingerprint density at radius 3 is 1.54 bits per heavy atom. The van der Waals surface area contributed by atoms with Crippen LogP contribution in [0, 0.1) is 11.8 Å². The molecule has 0 aromatic heterocycles. The zero-order valence-electron chi connectivity index (χ0n) is 14.8. The molecule has 0 aromatic rings. The molecule has 154 valence electrons. The molecule has 0 aromatic carbocycles. The van der Waals surface area contributed by atoms with Crippen LogP contribution < -0.4 is 0 Å². The van der Waals surface area contributed by atoms with Gasteiger partial charge in [-0.05, 0) is 46.5 Å². The molecule has 0 aliphatic heterocycles. The molecular formula is C16H24F6O4. The third-order valence-corrected chi connectivity index (χ3v) is 3.46. The molecule has 0 heterocycles. The fourth-order valence-corrected chi connectivity index (χ4v) is 2.40. The standard InChI is InChI=1S/C16H24F6O4/c1-14(2,3)26-13(25)11(7-5-9-16(20,21)22)10(12(23)24)6-4-8-15(17,18)19/h10-11H,4-9H2,1-3H3,(H,23,24)/t10-,11-/m1/s1. The van der Waals surface area contributed by atoms with Gasteiger partial charge >= 0.3 is 24.3 Å². The molecule has 0 saturated heterocycles. The maximum Gasteiger partial charge on any atom is 0.389 e. The van der Waals surface area contributed by atoms with E-state index in [0.29, 0.717) is 0 Å². The van der Waals surface area contributed by atoms with Crippen molar-refractivity contribution in [3.8, 4) is 0 Å². The smallest absolute Gasteiger partial charge is 0.389 e. The molecule has 0 unspecified atom stereocenters. The number of rotatable bonds is 9. The summed E-state index contributed by atoms with van der Waals surface area (Å²) >= 11 is 0. The number of hydrogen-bond acceptors (Lipinski definition) is 3. The molecule has 0 aliphatic rings. The van der Waals surface area contributed by atoms with E-state index in [1.54, 1.807) is 0 Å². The number of halogens is 6. The number of aliphatic carboxylic acids is 1. The Hall–Kier alpha value is -1.48. The Bertz CT molecular complexity index is 465. The van der Waals surface area contributed by atoms with Crippen molar-refractivity contribution >= 4 is 11.9 Å². The summed E-state index contributed by atoms with van der Waals surface area (Å²) in [6.45, 7) is 4.49. The number of carboxylic acid groups (broad SMARTS) is 1. The Kier molecular flexibility index (Phi) is 8.92. The predicted molar refractivity (Wildman–Crippen MR) is 80.3 cm³/mol. The summed E-state index contributed by atoms with van der Waals surface area (Å²) < 4.78 is 78.8. The molecule has 0 radical (unpaired) electrons. The average molecular weight is 394 g/mol. The van der Waals surface area contributed by atoms with Gasteiger partial charge in [0.15, 0.2) is 0 Å². The molecule has 26 heavy (non-hydrogen) atoms. The monoisotopic (exact) mass is 394 g/mol. The van der Waals surface area contributed by atoms with Crippen molar-refractivity contribution in [2.75, 3.05) is 0 Å². The second-order valence-corrected chi connectivity index (χ2v) is 7.10. The third-order valence-electron chi connectivity index (χ3n) is 3.46. The lowest BCUT2D eigenvalue weighted by molar-refractivity contribution is -0.168. The molecule has 0 spiro atoms. The largest absolute Gasteiger partial charge is 0.481 e. The van der Waals surface area contributed by atoms with Gasteiger partial charge in [0.2, 0.25) is 0 Å². The van der Waals surface area contributed by atoms with E-state index in [1.807, 2.05) is 0 Å². The Morgan fingerprint density at radius 1 is 0.846 bits per heavy atom. The van der Waals surface area contributed by atoms with Crippen molar-refractivity contribution in [1.29, 1.82) is 0 Å². The maximum absolute atomic E-state index is 12.3. The highest BCUT2D eigenvalue weighted by atomic mass is 19.4. The highest BCUT2D eigenvalue weighted by molar-refractivity contribution is 5.81. The Balaban J connectivity index is 5.19. The van der Waals surface area contributed by atoms with Crippen LogP contribution >= 0.6 is 0 Å². The van der Waals surface area contributed by atoms with Gasteiger partial charge in [0.05, 0.1) is 11.8 Å². The molecule has 0 rings (SSSR count). The quantitative estimate of drug-likeness (QED) is 0.436. The van der Waals surface area contributed by atoms with E-state index in [0.717, 1.165) is 0 Å². The van der Waals surface area contributed by atoms with Crippen LogP contribution in [0.3, 0.4) is 0 Å². The fraction of sp³-hybridized carbons (Fsp3) is 0.875. The van der Waals surface area contributed by atoms with Crippen LogP contribution in [0.1, 0.15) is 59.3 Å². The first-order valence-corrected chi connectivity index (χ1v) is 8.11. The van der Waals surface area contributed by atoms with E-state index < -0.39 is 80.3 Å². The van der Waals surface area contributed by atoms with Gasteiger partial charge in [0, 0.05) is 12.8 Å². The first kappa shape index (κ1) is 24.5. The number of alkyl halides is 6. The van der Waals surface area contributed by atoms with Crippen molar-refractivity contribution in [2.45, 2.75) is 77.2 Å². The van der Waals surface area contributed by atoms with Crippen LogP contribution in [-0.2, 0) is 14.3 Å². The first-order valence-electron chi connectivity index (χ1n) is 8.11. The van der Waals surface area contributed by atoms with Crippen LogP contribution in [0.4, 0.5) is 26.3 Å². The summed E-state index contributed by atoms with van der Waals surface area (Å²) in [7, 11) is 0. The van der Waals surface area contributed by atoms with E-state index in [1.165, 1.54) is 20.8 Å². The zero-order valence-corrected chi connectivity index (χ0v) is 14.8. The maximum atomic E-state index is 12.3. The predicted octanol–water partition coefficient (Wildman–Crippen LogP) is 5.11. The van der Waals surface area contributed by atoms with E-state index >= 15 is 0 Å². The average Bonchev–Trinajstić information content (AvgIpc) is 2.35. The lowest BCUT2D eigenvalue weighted by atomic mass is 9.84. The number of carboxylic acids is 1. The van der Waals surface area contributed by atoms with Crippen molar-refractivity contribution in [3.63, 3.8) is 0 Å². The van der Waals surface area contributed by atoms with Gasteiger partial charge in [-0.2, -0.15) is 26.3 Å². The lowest BCUT2D eigenvalue weighted by Crippen LogP contribution is -2.36. The fourth-order valence-electron chi connectivity index (χ4n) is 2.40. The molecule has 0 bridgehead atoms. The second kappa shape index (κ2) is 9.45. The summed E-state index contributed by atoms with van der Waals surface area (Å²) in [6.07, 6.45) is -13.4. The number of carbonyl (C=O) groups excluding carboxylic acids is 1. The minimum absolute atomic E-state index is 0.433. The minimum Gasteiger partial charge on any atom is -0.481 e. The number of carbonyl (C=O) groups is 2. The lowest BCUT2D eigenvalue weighted by Gasteiger charge is -2.27. The van der Waals surface area contributed by atoms with Gasteiger partial charge < -0.3 is 9.84 Å². The number of ether oxygens (including phenoxy) is 1. The van der Waals surface area contributed by atoms with Crippen LogP contribution in [0.2, 0.25) is 0 Å². The van der Waals surface area contributed by atoms with Gasteiger partial charge in [0.25, 0.3) is 0 Å². The number of hydrogen-bond donors (Lipinski definition) is 1. The number of esters is 1. The third kappa shape index (κ3) is 12.0. The normalized spacial score (nSPS) is 15.4. The van der Waals surface area contributed by atoms with Gasteiger partial charge in [-0.3, -0.25) is 9.59 Å². The molecule has 0 amide bonds. The summed E-state index contributed by atoms with van der Waals surface area (Å²) in [5.41, 5.74) is -1.01. The molecule has 2 atom stereocenters. The topological polar surface area (TPSA) is 63.6 Å². The molecule has 1 N–H and O–H groups in total. The molecular weight excluding hydrogens is 370 g/mol. The van der Waals surface area contributed by atoms with Crippen molar-refractivity contribution in [2.24, 2.45) is 11.8 Å². The van der Waals surface area contributed by atoms with Crippen LogP contribution in [-0.4, -0.2) is 35.0 Å². The summed E-state index contributed by atoms with van der Waals surface area (Å²) in [5.74, 6) is -5.53. The van der Waals surface area contributed by atoms with E-state index in [-0.39, 0.29) is 0 Å². The highest BCUT2D eigenvalue weighted by Gasteiger charge is 2.38. The van der Waals surface area contributed by atoms with Gasteiger partial charge in [-0.25, -0.2) is 0 Å². The summed E-state index contributed by atoms with van der Waals surface area (Å²) in [5, 5.41) is 9.27. The first-order chi connectivity index (χ1) is 11.5. The minimum atomic E-state index is -4.49. The Labute approximate surface area is 147 Å². The molecule has 10 heteroatoms. The van der Waals surface area contributed by atoms with Crippen LogP contribution in [0.15, 0.2) is 0 Å². The zero-order chi connectivity index (χ0) is 20.8. The molecule has 0 aliphatic carbocycles. The van der Waals surface area contributed by atoms with Crippen LogP contribution in [0.25, 0.3) is 0 Å². The molecule has 0 saturated carbocycles. The van der Waals surface area contributed by atoms with Crippen molar-refractivity contribution < 1.29 is 45.8 Å². The van der Waals surface area contributed by atoms with E-state index in [9.17, 15) is 41.0 Å². The van der Waals surface area contributed by atoms with Crippen molar-refractivity contribution in [1.82, 2.24) is 0 Å². The van der Waals surface area contributed by atoms with Gasteiger partial charge in [0.1, 0.15) is 5.60 Å². The Morgan fingerprint density at radius 2 is 1.23 bits per heavy atom. The summed E-state index contributed by atoms with van der Waals surface area (Å²) in [6, 6.07) is 0. The summed E-state index contributed by atoms with van der Waals surface area (Å²) in [4.78, 5) is 23.6. The molecule has 0 fully saturated rings. The van der Waals surface area contributed by atoms with Gasteiger partial charge in [-0.1, -0.05) is 0 Å². The van der Waals surface area contributed by atoms with E-state index in [2.05, 4.69) is 0 Å².